The molecule has 110 valence electrons. The van der Waals surface area contributed by atoms with Crippen LogP contribution >= 0.6 is 0 Å². The number of aromatic nitrogens is 6. The summed E-state index contributed by atoms with van der Waals surface area (Å²) in [6.45, 7) is 1.73. The van der Waals surface area contributed by atoms with Gasteiger partial charge in [0, 0.05) is 6.04 Å². The van der Waals surface area contributed by atoms with Crippen molar-refractivity contribution in [1.82, 2.24) is 35.0 Å². The van der Waals surface area contributed by atoms with E-state index in [1.807, 2.05) is 0 Å². The van der Waals surface area contributed by atoms with Crippen molar-refractivity contribution in [2.24, 2.45) is 0 Å². The Kier molecular flexibility index (Phi) is 3.34. The molecule has 2 aromatic rings. The second-order valence-corrected chi connectivity index (χ2v) is 4.81. The Balaban J connectivity index is 1.73. The Morgan fingerprint density at radius 1 is 1.43 bits per heavy atom. The zero-order valence-corrected chi connectivity index (χ0v) is 11.4. The number of carbonyl (C=O) groups excluding carboxylic acids is 1. The molecule has 21 heavy (non-hydrogen) atoms. The molecule has 1 aliphatic rings. The third kappa shape index (κ3) is 3.22. The van der Waals surface area contributed by atoms with Crippen LogP contribution in [-0.4, -0.2) is 47.7 Å². The lowest BCUT2D eigenvalue weighted by molar-refractivity contribution is -0.121. The molecule has 0 aromatic carbocycles. The second kappa shape index (κ2) is 5.31. The van der Waals surface area contributed by atoms with Gasteiger partial charge in [-0.05, 0) is 19.8 Å². The number of amides is 1. The average molecular weight is 289 g/mol. The van der Waals surface area contributed by atoms with Crippen LogP contribution in [0.15, 0.2) is 12.7 Å². The third-order valence-electron chi connectivity index (χ3n) is 2.93. The summed E-state index contributed by atoms with van der Waals surface area (Å²) in [6.07, 6.45) is 4.88. The van der Waals surface area contributed by atoms with Crippen LogP contribution in [-0.2, 0) is 4.79 Å². The number of nitrogens with one attached hydrogen (secondary N) is 2. The molecule has 2 aromatic heterocycles. The second-order valence-electron chi connectivity index (χ2n) is 4.81. The standard InChI is InChI=1S/C11H15N9O/c1-6(8(21)16-7-2-3-7)15-10-17-9(12)18-11(19-10)20-5-13-4-14-20/h4-7H,2-3H2,1H3,(H,16,21)(H3,12,15,17,18,19). The zero-order valence-electron chi connectivity index (χ0n) is 11.4. The topological polar surface area (TPSA) is 137 Å². The van der Waals surface area contributed by atoms with Crippen LogP contribution in [0.25, 0.3) is 5.95 Å². The highest BCUT2D eigenvalue weighted by molar-refractivity contribution is 5.84. The highest BCUT2D eigenvalue weighted by atomic mass is 16.2. The molecule has 10 nitrogen and oxygen atoms in total. The van der Waals surface area contributed by atoms with Gasteiger partial charge in [0.15, 0.2) is 0 Å². The smallest absolute Gasteiger partial charge is 0.258 e. The summed E-state index contributed by atoms with van der Waals surface area (Å²) in [7, 11) is 0. The minimum Gasteiger partial charge on any atom is -0.368 e. The summed E-state index contributed by atoms with van der Waals surface area (Å²) < 4.78 is 1.36. The number of anilines is 2. The van der Waals surface area contributed by atoms with Crippen LogP contribution in [0.5, 0.6) is 0 Å². The molecule has 0 radical (unpaired) electrons. The van der Waals surface area contributed by atoms with E-state index >= 15 is 0 Å². The van der Waals surface area contributed by atoms with Crippen molar-refractivity contribution in [1.29, 1.82) is 0 Å². The van der Waals surface area contributed by atoms with E-state index in [1.54, 1.807) is 6.92 Å². The maximum absolute atomic E-state index is 11.9. The highest BCUT2D eigenvalue weighted by Crippen LogP contribution is 2.18. The lowest BCUT2D eigenvalue weighted by Crippen LogP contribution is -2.39. The molecule has 1 aliphatic carbocycles. The van der Waals surface area contributed by atoms with E-state index in [0.29, 0.717) is 6.04 Å². The molecule has 1 amide bonds. The van der Waals surface area contributed by atoms with Crippen molar-refractivity contribution in [2.45, 2.75) is 31.8 Å². The predicted molar refractivity (Wildman–Crippen MR) is 73.4 cm³/mol. The molecule has 0 aliphatic heterocycles. The van der Waals surface area contributed by atoms with Crippen molar-refractivity contribution in [3.8, 4) is 5.95 Å². The fourth-order valence-corrected chi connectivity index (χ4v) is 1.67. The summed E-state index contributed by atoms with van der Waals surface area (Å²) in [5.41, 5.74) is 5.64. The number of carbonyl (C=O) groups is 1. The number of nitrogen functional groups attached to an aromatic ring is 1. The molecule has 2 heterocycles. The molecule has 1 unspecified atom stereocenters. The monoisotopic (exact) mass is 289 g/mol. The molecule has 1 saturated carbocycles. The molecule has 0 spiro atoms. The van der Waals surface area contributed by atoms with Gasteiger partial charge < -0.3 is 16.4 Å². The fraction of sp³-hybridized carbons (Fsp3) is 0.455. The van der Waals surface area contributed by atoms with Gasteiger partial charge in [-0.25, -0.2) is 4.98 Å². The Morgan fingerprint density at radius 3 is 2.90 bits per heavy atom. The normalized spacial score (nSPS) is 15.5. The van der Waals surface area contributed by atoms with Crippen LogP contribution in [0.4, 0.5) is 11.9 Å². The summed E-state index contributed by atoms with van der Waals surface area (Å²) in [5, 5.41) is 9.72. The first-order chi connectivity index (χ1) is 10.1. The predicted octanol–water partition coefficient (Wildman–Crippen LogP) is -0.887. The summed E-state index contributed by atoms with van der Waals surface area (Å²) in [4.78, 5) is 27.8. The van der Waals surface area contributed by atoms with Gasteiger partial charge in [0.2, 0.25) is 17.8 Å². The van der Waals surface area contributed by atoms with E-state index in [4.69, 9.17) is 5.73 Å². The molecule has 10 heteroatoms. The molecular formula is C11H15N9O. The maximum atomic E-state index is 11.9. The van der Waals surface area contributed by atoms with Gasteiger partial charge in [-0.2, -0.15) is 24.7 Å². The lowest BCUT2D eigenvalue weighted by Gasteiger charge is -2.14. The first-order valence-electron chi connectivity index (χ1n) is 6.55. The molecule has 0 bridgehead atoms. The van der Waals surface area contributed by atoms with E-state index < -0.39 is 6.04 Å². The molecule has 4 N–H and O–H groups in total. The fourth-order valence-electron chi connectivity index (χ4n) is 1.67. The van der Waals surface area contributed by atoms with E-state index in [1.165, 1.54) is 17.3 Å². The van der Waals surface area contributed by atoms with E-state index in [2.05, 4.69) is 35.7 Å². The van der Waals surface area contributed by atoms with Gasteiger partial charge in [-0.1, -0.05) is 0 Å². The van der Waals surface area contributed by atoms with Gasteiger partial charge >= 0.3 is 0 Å². The summed E-state index contributed by atoms with van der Waals surface area (Å²) in [5.74, 6) is 0.385. The van der Waals surface area contributed by atoms with Crippen molar-refractivity contribution < 1.29 is 4.79 Å². The van der Waals surface area contributed by atoms with E-state index in [-0.39, 0.29) is 23.8 Å². The average Bonchev–Trinajstić information content (AvgIpc) is 3.08. The van der Waals surface area contributed by atoms with Crippen LogP contribution in [0.1, 0.15) is 19.8 Å². The number of hydrogen-bond donors (Lipinski definition) is 3. The Bertz CT molecular complexity index is 637. The van der Waals surface area contributed by atoms with Gasteiger partial charge in [-0.3, -0.25) is 4.79 Å². The SMILES string of the molecule is CC(Nc1nc(N)nc(-n2cncn2)n1)C(=O)NC1CC1. The first-order valence-corrected chi connectivity index (χ1v) is 6.55. The van der Waals surface area contributed by atoms with Crippen LogP contribution < -0.4 is 16.4 Å². The lowest BCUT2D eigenvalue weighted by atomic mass is 10.3. The third-order valence-corrected chi connectivity index (χ3v) is 2.93. The van der Waals surface area contributed by atoms with Crippen LogP contribution in [0.3, 0.4) is 0 Å². The van der Waals surface area contributed by atoms with Gasteiger partial charge in [0.25, 0.3) is 5.95 Å². The van der Waals surface area contributed by atoms with Crippen molar-refractivity contribution in [2.75, 3.05) is 11.1 Å². The largest absolute Gasteiger partial charge is 0.368 e. The Labute approximate surface area is 120 Å². The van der Waals surface area contributed by atoms with Crippen LogP contribution in [0, 0.1) is 0 Å². The van der Waals surface area contributed by atoms with Gasteiger partial charge in [0.05, 0.1) is 0 Å². The zero-order chi connectivity index (χ0) is 14.8. The summed E-state index contributed by atoms with van der Waals surface area (Å²) >= 11 is 0. The molecule has 3 rings (SSSR count). The quantitative estimate of drug-likeness (QED) is 0.645. The van der Waals surface area contributed by atoms with Crippen molar-refractivity contribution in [3.63, 3.8) is 0 Å². The van der Waals surface area contributed by atoms with E-state index in [9.17, 15) is 4.79 Å². The number of hydrogen-bond acceptors (Lipinski definition) is 8. The first kappa shape index (κ1) is 13.2. The van der Waals surface area contributed by atoms with E-state index in [0.717, 1.165) is 12.8 Å². The highest BCUT2D eigenvalue weighted by Gasteiger charge is 2.26. The van der Waals surface area contributed by atoms with Gasteiger partial charge in [0.1, 0.15) is 18.7 Å². The number of nitrogens with zero attached hydrogens (tertiary/aromatic N) is 6. The molecule has 1 fully saturated rings. The van der Waals surface area contributed by atoms with Crippen molar-refractivity contribution >= 4 is 17.8 Å². The molecule has 0 saturated heterocycles. The maximum Gasteiger partial charge on any atom is 0.258 e. The minimum absolute atomic E-state index is 0.0350. The van der Waals surface area contributed by atoms with Crippen molar-refractivity contribution in [3.05, 3.63) is 12.7 Å². The Hall–Kier alpha value is -2.78. The molecule has 1 atom stereocenters. The number of rotatable bonds is 5. The van der Waals surface area contributed by atoms with Gasteiger partial charge in [-0.15, -0.1) is 0 Å². The number of nitrogens with two attached hydrogens (primary N) is 1. The molecular weight excluding hydrogens is 274 g/mol. The van der Waals surface area contributed by atoms with Crippen LogP contribution in [0.2, 0.25) is 0 Å². The summed E-state index contributed by atoms with van der Waals surface area (Å²) in [6, 6.07) is -0.174. The Morgan fingerprint density at radius 2 is 2.24 bits per heavy atom. The minimum atomic E-state index is -0.476.